The van der Waals surface area contributed by atoms with Crippen molar-refractivity contribution in [1.29, 1.82) is 0 Å². The summed E-state index contributed by atoms with van der Waals surface area (Å²) in [4.78, 5) is 22.6. The van der Waals surface area contributed by atoms with E-state index in [-0.39, 0.29) is 0 Å². The zero-order chi connectivity index (χ0) is 14.5. The van der Waals surface area contributed by atoms with E-state index in [9.17, 15) is 22.8 Å². The lowest BCUT2D eigenvalue weighted by molar-refractivity contribution is -0.188. The van der Waals surface area contributed by atoms with E-state index in [0.29, 0.717) is 5.56 Å². The summed E-state index contributed by atoms with van der Waals surface area (Å²) in [6.45, 7) is -0.526. The van der Waals surface area contributed by atoms with Gasteiger partial charge in [0.15, 0.2) is 12.6 Å². The molecular formula is C12H12F3NO3. The van der Waals surface area contributed by atoms with Crippen LogP contribution < -0.4 is 5.32 Å². The smallest absolute Gasteiger partial charge is 0.422 e. The molecule has 0 saturated heterocycles. The highest BCUT2D eigenvalue weighted by Crippen LogP contribution is 2.18. The van der Waals surface area contributed by atoms with Crippen LogP contribution in [0.1, 0.15) is 18.5 Å². The van der Waals surface area contributed by atoms with Crippen molar-refractivity contribution < 1.29 is 27.5 Å². The molecule has 0 radical (unpaired) electrons. The van der Waals surface area contributed by atoms with Gasteiger partial charge in [0.1, 0.15) is 0 Å². The highest BCUT2D eigenvalue weighted by atomic mass is 19.4. The number of esters is 1. The fourth-order valence-electron chi connectivity index (χ4n) is 1.36. The Morgan fingerprint density at radius 1 is 1.26 bits per heavy atom. The molecule has 0 aliphatic heterocycles. The first-order chi connectivity index (χ1) is 8.79. The molecule has 1 aromatic carbocycles. The molecule has 0 aliphatic rings. The third-order valence-corrected chi connectivity index (χ3v) is 2.09. The van der Waals surface area contributed by atoms with Crippen molar-refractivity contribution in [2.75, 3.05) is 6.61 Å². The number of carbonyl (C=O) groups excluding carboxylic acids is 2. The highest BCUT2D eigenvalue weighted by molar-refractivity contribution is 5.84. The number of rotatable bonds is 4. The lowest BCUT2D eigenvalue weighted by Gasteiger charge is -2.17. The zero-order valence-electron chi connectivity index (χ0n) is 10.0. The molecule has 1 N–H and O–H groups in total. The van der Waals surface area contributed by atoms with Gasteiger partial charge in [0.05, 0.1) is 0 Å². The minimum Gasteiger partial charge on any atom is -0.454 e. The first-order valence-electron chi connectivity index (χ1n) is 5.35. The van der Waals surface area contributed by atoms with Gasteiger partial charge in [-0.3, -0.25) is 4.79 Å². The summed E-state index contributed by atoms with van der Waals surface area (Å²) in [5, 5.41) is 2.25. The fraction of sp³-hybridized carbons (Fsp3) is 0.333. The number of hydrogen-bond acceptors (Lipinski definition) is 3. The average molecular weight is 275 g/mol. The number of halogens is 3. The van der Waals surface area contributed by atoms with Gasteiger partial charge in [-0.2, -0.15) is 13.2 Å². The standard InChI is InChI=1S/C12H12F3NO3/c1-8(17)16-10(9-5-3-2-4-6-9)11(18)19-7-12(13,14)15/h2-6,10H,7H2,1H3,(H,16,17)/t10-/m1/s1. The molecule has 1 rings (SSSR count). The predicted molar refractivity (Wildman–Crippen MR) is 60.0 cm³/mol. The molecule has 0 aromatic heterocycles. The molecule has 1 amide bonds. The number of amides is 1. The Balaban J connectivity index is 2.80. The van der Waals surface area contributed by atoms with Crippen LogP contribution in [-0.2, 0) is 14.3 Å². The van der Waals surface area contributed by atoms with Crippen LogP contribution in [0.15, 0.2) is 30.3 Å². The maximum absolute atomic E-state index is 12.0. The molecule has 4 nitrogen and oxygen atoms in total. The van der Waals surface area contributed by atoms with Gasteiger partial charge in [-0.25, -0.2) is 4.79 Å². The van der Waals surface area contributed by atoms with Crippen LogP contribution in [0.5, 0.6) is 0 Å². The van der Waals surface area contributed by atoms with Gasteiger partial charge < -0.3 is 10.1 Å². The van der Waals surface area contributed by atoms with Gasteiger partial charge in [-0.1, -0.05) is 30.3 Å². The van der Waals surface area contributed by atoms with Crippen molar-refractivity contribution in [1.82, 2.24) is 5.32 Å². The molecule has 19 heavy (non-hydrogen) atoms. The van der Waals surface area contributed by atoms with E-state index in [4.69, 9.17) is 0 Å². The first-order valence-corrected chi connectivity index (χ1v) is 5.35. The van der Waals surface area contributed by atoms with Gasteiger partial charge in [0, 0.05) is 6.92 Å². The van der Waals surface area contributed by atoms with E-state index in [0.717, 1.165) is 6.92 Å². The van der Waals surface area contributed by atoms with Crippen molar-refractivity contribution in [2.24, 2.45) is 0 Å². The Kier molecular flexibility index (Phi) is 4.91. The molecule has 7 heteroatoms. The third kappa shape index (κ3) is 5.41. The van der Waals surface area contributed by atoms with Crippen molar-refractivity contribution >= 4 is 11.9 Å². The Morgan fingerprint density at radius 2 is 1.84 bits per heavy atom. The monoisotopic (exact) mass is 275 g/mol. The normalized spacial score (nSPS) is 12.6. The summed E-state index contributed by atoms with van der Waals surface area (Å²) in [6, 6.07) is 6.64. The minimum atomic E-state index is -4.60. The highest BCUT2D eigenvalue weighted by Gasteiger charge is 2.32. The van der Waals surface area contributed by atoms with Crippen LogP contribution in [0, 0.1) is 0 Å². The average Bonchev–Trinajstić information content (AvgIpc) is 2.33. The van der Waals surface area contributed by atoms with E-state index < -0.39 is 30.7 Å². The molecule has 0 heterocycles. The molecule has 1 aromatic rings. The molecule has 1 atom stereocenters. The largest absolute Gasteiger partial charge is 0.454 e. The topological polar surface area (TPSA) is 55.4 Å². The van der Waals surface area contributed by atoms with E-state index in [1.807, 2.05) is 0 Å². The van der Waals surface area contributed by atoms with Crippen molar-refractivity contribution in [3.05, 3.63) is 35.9 Å². The van der Waals surface area contributed by atoms with Gasteiger partial charge in [-0.15, -0.1) is 0 Å². The maximum Gasteiger partial charge on any atom is 0.422 e. The van der Waals surface area contributed by atoms with E-state index in [1.54, 1.807) is 18.2 Å². The van der Waals surface area contributed by atoms with Crippen LogP contribution in [0.4, 0.5) is 13.2 Å². The third-order valence-electron chi connectivity index (χ3n) is 2.09. The second-order valence-corrected chi connectivity index (χ2v) is 3.77. The first kappa shape index (κ1) is 15.0. The molecule has 104 valence electrons. The zero-order valence-corrected chi connectivity index (χ0v) is 10.0. The number of benzene rings is 1. The number of ether oxygens (including phenoxy) is 1. The summed E-state index contributed by atoms with van der Waals surface area (Å²) in [6.07, 6.45) is -4.60. The van der Waals surface area contributed by atoms with Gasteiger partial charge in [0.2, 0.25) is 5.91 Å². The van der Waals surface area contributed by atoms with Gasteiger partial charge in [0.25, 0.3) is 0 Å². The Bertz CT molecular complexity index is 445. The van der Waals surface area contributed by atoms with Crippen LogP contribution in [0.25, 0.3) is 0 Å². The Morgan fingerprint density at radius 3 is 2.32 bits per heavy atom. The molecular weight excluding hydrogens is 263 g/mol. The van der Waals surface area contributed by atoms with Crippen molar-refractivity contribution in [3.63, 3.8) is 0 Å². The van der Waals surface area contributed by atoms with Crippen molar-refractivity contribution in [2.45, 2.75) is 19.1 Å². The molecule has 0 spiro atoms. The summed E-state index contributed by atoms with van der Waals surface area (Å²) >= 11 is 0. The van der Waals surface area contributed by atoms with Gasteiger partial charge >= 0.3 is 12.1 Å². The SMILES string of the molecule is CC(=O)N[C@@H](C(=O)OCC(F)(F)F)c1ccccc1. The lowest BCUT2D eigenvalue weighted by Crippen LogP contribution is -2.35. The summed E-state index contributed by atoms with van der Waals surface area (Å²) in [7, 11) is 0. The van der Waals surface area contributed by atoms with Crippen LogP contribution in [-0.4, -0.2) is 24.7 Å². The molecule has 0 aliphatic carbocycles. The van der Waals surface area contributed by atoms with Crippen LogP contribution >= 0.6 is 0 Å². The minimum absolute atomic E-state index is 0.352. The predicted octanol–water partition coefficient (Wildman–Crippen LogP) is 1.97. The second kappa shape index (κ2) is 6.21. The van der Waals surface area contributed by atoms with Gasteiger partial charge in [-0.05, 0) is 5.56 Å². The number of nitrogens with one attached hydrogen (secondary N) is 1. The van der Waals surface area contributed by atoms with E-state index in [2.05, 4.69) is 10.1 Å². The molecule has 0 saturated carbocycles. The summed E-state index contributed by atoms with van der Waals surface area (Å²) in [5.74, 6) is -1.70. The quantitative estimate of drug-likeness (QED) is 0.855. The number of hydrogen-bond donors (Lipinski definition) is 1. The maximum atomic E-state index is 12.0. The van der Waals surface area contributed by atoms with Crippen LogP contribution in [0.3, 0.4) is 0 Å². The Hall–Kier alpha value is -2.05. The fourth-order valence-corrected chi connectivity index (χ4v) is 1.36. The molecule has 0 bridgehead atoms. The molecule has 0 fully saturated rings. The summed E-state index contributed by atoms with van der Waals surface area (Å²) < 4.78 is 40.1. The molecule has 0 unspecified atom stereocenters. The second-order valence-electron chi connectivity index (χ2n) is 3.77. The van der Waals surface area contributed by atoms with Crippen molar-refractivity contribution in [3.8, 4) is 0 Å². The Labute approximate surface area is 107 Å². The van der Waals surface area contributed by atoms with E-state index in [1.165, 1.54) is 12.1 Å². The number of carbonyl (C=O) groups is 2. The lowest BCUT2D eigenvalue weighted by atomic mass is 10.1. The van der Waals surface area contributed by atoms with Crippen LogP contribution in [0.2, 0.25) is 0 Å². The van der Waals surface area contributed by atoms with E-state index >= 15 is 0 Å². The number of alkyl halides is 3. The summed E-state index contributed by atoms with van der Waals surface area (Å²) in [5.41, 5.74) is 0.352.